The second-order valence-corrected chi connectivity index (χ2v) is 5.72. The standard InChI is InChI=1S/C15H24N2O3/c1-6-10(2)19-13-9-11(7-8-12(13)16)17-14(18)20-15(3,4)5/h7-10H,6,16H2,1-5H3,(H,17,18). The zero-order valence-electron chi connectivity index (χ0n) is 12.8. The smallest absolute Gasteiger partial charge is 0.412 e. The third-order valence-corrected chi connectivity index (χ3v) is 2.56. The molecule has 1 amide bonds. The summed E-state index contributed by atoms with van der Waals surface area (Å²) in [5, 5.41) is 2.66. The fraction of sp³-hybridized carbons (Fsp3) is 0.533. The lowest BCUT2D eigenvalue weighted by molar-refractivity contribution is 0.0636. The van der Waals surface area contributed by atoms with E-state index in [1.807, 2.05) is 34.6 Å². The van der Waals surface area contributed by atoms with Crippen LogP contribution in [0.25, 0.3) is 0 Å². The van der Waals surface area contributed by atoms with E-state index in [0.717, 1.165) is 6.42 Å². The van der Waals surface area contributed by atoms with Gasteiger partial charge in [0.2, 0.25) is 0 Å². The van der Waals surface area contributed by atoms with Crippen LogP contribution in [-0.2, 0) is 4.74 Å². The van der Waals surface area contributed by atoms with Crippen LogP contribution >= 0.6 is 0 Å². The molecular weight excluding hydrogens is 256 g/mol. The topological polar surface area (TPSA) is 73.6 Å². The van der Waals surface area contributed by atoms with Crippen LogP contribution in [-0.4, -0.2) is 17.8 Å². The Morgan fingerprint density at radius 2 is 2.05 bits per heavy atom. The highest BCUT2D eigenvalue weighted by atomic mass is 16.6. The molecule has 0 aliphatic heterocycles. The summed E-state index contributed by atoms with van der Waals surface area (Å²) in [6.45, 7) is 9.43. The largest absolute Gasteiger partial charge is 0.488 e. The molecule has 1 aromatic rings. The van der Waals surface area contributed by atoms with Crippen molar-refractivity contribution in [2.75, 3.05) is 11.1 Å². The van der Waals surface area contributed by atoms with E-state index in [1.165, 1.54) is 0 Å². The zero-order chi connectivity index (χ0) is 15.3. The number of ether oxygens (including phenoxy) is 2. The first-order valence-corrected chi connectivity index (χ1v) is 6.77. The average Bonchev–Trinajstić information content (AvgIpc) is 2.30. The number of benzene rings is 1. The van der Waals surface area contributed by atoms with E-state index < -0.39 is 11.7 Å². The molecule has 5 nitrogen and oxygen atoms in total. The second kappa shape index (κ2) is 6.50. The van der Waals surface area contributed by atoms with Gasteiger partial charge in [0.25, 0.3) is 0 Å². The number of anilines is 2. The van der Waals surface area contributed by atoms with Crippen molar-refractivity contribution in [2.24, 2.45) is 0 Å². The average molecular weight is 280 g/mol. The number of hydrogen-bond acceptors (Lipinski definition) is 4. The van der Waals surface area contributed by atoms with Crippen LogP contribution in [0.15, 0.2) is 18.2 Å². The Kier molecular flexibility index (Phi) is 5.25. The molecule has 0 spiro atoms. The number of nitrogen functional groups attached to an aromatic ring is 1. The van der Waals surface area contributed by atoms with Crippen LogP contribution in [0.4, 0.5) is 16.2 Å². The van der Waals surface area contributed by atoms with E-state index in [0.29, 0.717) is 17.1 Å². The van der Waals surface area contributed by atoms with Gasteiger partial charge in [-0.3, -0.25) is 5.32 Å². The summed E-state index contributed by atoms with van der Waals surface area (Å²) >= 11 is 0. The van der Waals surface area contributed by atoms with Gasteiger partial charge in [-0.15, -0.1) is 0 Å². The summed E-state index contributed by atoms with van der Waals surface area (Å²) in [6.07, 6.45) is 0.439. The molecule has 0 aliphatic carbocycles. The lowest BCUT2D eigenvalue weighted by Crippen LogP contribution is -2.27. The van der Waals surface area contributed by atoms with Crippen LogP contribution in [0.3, 0.4) is 0 Å². The summed E-state index contributed by atoms with van der Waals surface area (Å²) in [6, 6.07) is 5.11. The van der Waals surface area contributed by atoms with Crippen molar-refractivity contribution in [1.29, 1.82) is 0 Å². The number of carbonyl (C=O) groups excluding carboxylic acids is 1. The molecule has 0 saturated carbocycles. The molecule has 0 heterocycles. The van der Waals surface area contributed by atoms with Crippen LogP contribution in [0.2, 0.25) is 0 Å². The summed E-state index contributed by atoms with van der Waals surface area (Å²) in [7, 11) is 0. The Labute approximate surface area is 120 Å². The Morgan fingerprint density at radius 1 is 1.40 bits per heavy atom. The Morgan fingerprint density at radius 3 is 2.60 bits per heavy atom. The molecule has 1 aromatic carbocycles. The minimum Gasteiger partial charge on any atom is -0.488 e. The maximum absolute atomic E-state index is 11.7. The summed E-state index contributed by atoms with van der Waals surface area (Å²) < 4.78 is 10.9. The number of nitrogens with one attached hydrogen (secondary N) is 1. The van der Waals surface area contributed by atoms with Gasteiger partial charge in [-0.05, 0) is 46.2 Å². The quantitative estimate of drug-likeness (QED) is 0.823. The molecule has 0 fully saturated rings. The molecule has 0 bridgehead atoms. The number of rotatable bonds is 4. The first-order valence-electron chi connectivity index (χ1n) is 6.77. The van der Waals surface area contributed by atoms with E-state index in [4.69, 9.17) is 15.2 Å². The Hall–Kier alpha value is -1.91. The summed E-state index contributed by atoms with van der Waals surface area (Å²) in [4.78, 5) is 11.7. The molecule has 0 aromatic heterocycles. The third kappa shape index (κ3) is 5.38. The normalized spacial score (nSPS) is 12.7. The number of nitrogens with two attached hydrogens (primary N) is 1. The predicted octanol–water partition coefficient (Wildman–Crippen LogP) is 3.79. The first-order chi connectivity index (χ1) is 9.21. The molecule has 3 N–H and O–H groups in total. The fourth-order valence-corrected chi connectivity index (χ4v) is 1.44. The zero-order valence-corrected chi connectivity index (χ0v) is 12.8. The highest BCUT2D eigenvalue weighted by molar-refractivity contribution is 5.85. The molecule has 1 atom stereocenters. The Bertz CT molecular complexity index is 467. The molecule has 0 aliphatic rings. The highest BCUT2D eigenvalue weighted by Crippen LogP contribution is 2.27. The van der Waals surface area contributed by atoms with Crippen LogP contribution in [0.1, 0.15) is 41.0 Å². The van der Waals surface area contributed by atoms with E-state index >= 15 is 0 Å². The Balaban J connectivity index is 2.77. The van der Waals surface area contributed by atoms with Gasteiger partial charge in [0.1, 0.15) is 11.4 Å². The molecular formula is C15H24N2O3. The van der Waals surface area contributed by atoms with Gasteiger partial charge >= 0.3 is 6.09 Å². The second-order valence-electron chi connectivity index (χ2n) is 5.72. The molecule has 20 heavy (non-hydrogen) atoms. The van der Waals surface area contributed by atoms with Crippen molar-refractivity contribution in [3.05, 3.63) is 18.2 Å². The minimum absolute atomic E-state index is 0.0640. The molecule has 1 rings (SSSR count). The first kappa shape index (κ1) is 16.1. The fourth-order valence-electron chi connectivity index (χ4n) is 1.44. The lowest BCUT2D eigenvalue weighted by atomic mass is 10.2. The molecule has 0 saturated heterocycles. The molecule has 1 unspecified atom stereocenters. The minimum atomic E-state index is -0.534. The summed E-state index contributed by atoms with van der Waals surface area (Å²) in [5.41, 5.74) is 6.45. The van der Waals surface area contributed by atoms with Crippen LogP contribution < -0.4 is 15.8 Å². The van der Waals surface area contributed by atoms with Crippen molar-refractivity contribution < 1.29 is 14.3 Å². The van der Waals surface area contributed by atoms with E-state index in [2.05, 4.69) is 5.32 Å². The van der Waals surface area contributed by atoms with Crippen molar-refractivity contribution in [2.45, 2.75) is 52.7 Å². The van der Waals surface area contributed by atoms with E-state index in [9.17, 15) is 4.79 Å². The maximum atomic E-state index is 11.7. The van der Waals surface area contributed by atoms with E-state index in [1.54, 1.807) is 18.2 Å². The highest BCUT2D eigenvalue weighted by Gasteiger charge is 2.16. The SMILES string of the molecule is CCC(C)Oc1cc(NC(=O)OC(C)(C)C)ccc1N. The monoisotopic (exact) mass is 280 g/mol. The van der Waals surface area contributed by atoms with Gasteiger partial charge in [-0.1, -0.05) is 6.92 Å². The molecule has 5 heteroatoms. The predicted molar refractivity (Wildman–Crippen MR) is 81.1 cm³/mol. The van der Waals surface area contributed by atoms with Crippen molar-refractivity contribution in [3.8, 4) is 5.75 Å². The van der Waals surface area contributed by atoms with Gasteiger partial charge in [0.05, 0.1) is 11.8 Å². The van der Waals surface area contributed by atoms with Gasteiger partial charge in [-0.25, -0.2) is 4.79 Å². The number of carbonyl (C=O) groups is 1. The van der Waals surface area contributed by atoms with Crippen molar-refractivity contribution in [1.82, 2.24) is 0 Å². The third-order valence-electron chi connectivity index (χ3n) is 2.56. The lowest BCUT2D eigenvalue weighted by Gasteiger charge is -2.20. The van der Waals surface area contributed by atoms with Gasteiger partial charge in [-0.2, -0.15) is 0 Å². The van der Waals surface area contributed by atoms with Crippen LogP contribution in [0, 0.1) is 0 Å². The molecule has 112 valence electrons. The van der Waals surface area contributed by atoms with Gasteiger partial charge in [0.15, 0.2) is 0 Å². The molecule has 0 radical (unpaired) electrons. The van der Waals surface area contributed by atoms with E-state index in [-0.39, 0.29) is 6.10 Å². The number of hydrogen-bond donors (Lipinski definition) is 2. The summed E-state index contributed by atoms with van der Waals surface area (Å²) in [5.74, 6) is 0.563. The maximum Gasteiger partial charge on any atom is 0.412 e. The number of amides is 1. The van der Waals surface area contributed by atoms with Gasteiger partial charge in [0, 0.05) is 11.8 Å². The van der Waals surface area contributed by atoms with Crippen molar-refractivity contribution >= 4 is 17.5 Å². The van der Waals surface area contributed by atoms with Gasteiger partial charge < -0.3 is 15.2 Å². The van der Waals surface area contributed by atoms with Crippen molar-refractivity contribution in [3.63, 3.8) is 0 Å². The van der Waals surface area contributed by atoms with Crippen LogP contribution in [0.5, 0.6) is 5.75 Å².